The monoisotopic (exact) mass is 337 g/mol. The molecule has 132 valence electrons. The van der Waals surface area contributed by atoms with Crippen molar-refractivity contribution in [3.05, 3.63) is 23.7 Å². The first-order chi connectivity index (χ1) is 10.9. The number of hydrogen-bond donors (Lipinski definition) is 0. The van der Waals surface area contributed by atoms with Gasteiger partial charge in [0, 0.05) is 25.9 Å². The van der Waals surface area contributed by atoms with Crippen molar-refractivity contribution in [2.45, 2.75) is 52.4 Å². The van der Waals surface area contributed by atoms with E-state index >= 15 is 0 Å². The summed E-state index contributed by atoms with van der Waals surface area (Å²) in [4.78, 5) is 13.2. The van der Waals surface area contributed by atoms with E-state index in [0.29, 0.717) is 11.1 Å². The van der Waals surface area contributed by atoms with Gasteiger partial charge in [-0.05, 0) is 40.2 Å². The lowest BCUT2D eigenvalue weighted by Crippen LogP contribution is -2.41. The van der Waals surface area contributed by atoms with Gasteiger partial charge in [0.25, 0.3) is 0 Å². The molecule has 0 aromatic carbocycles. The van der Waals surface area contributed by atoms with Crippen LogP contribution >= 0.6 is 0 Å². The normalized spacial score (nSPS) is 20.1. The van der Waals surface area contributed by atoms with E-state index in [1.54, 1.807) is 27.2 Å². The lowest BCUT2D eigenvalue weighted by molar-refractivity contribution is -0.129. The van der Waals surface area contributed by atoms with Gasteiger partial charge in [-0.2, -0.15) is 5.10 Å². The molecule has 1 aliphatic heterocycles. The summed E-state index contributed by atoms with van der Waals surface area (Å²) < 4.78 is 27.7. The highest BCUT2D eigenvalue weighted by atomic mass is 19.1. The van der Waals surface area contributed by atoms with E-state index in [-0.39, 0.29) is 12.5 Å². The number of nitrogens with zero attached hydrogens (tertiary/aromatic N) is 3. The van der Waals surface area contributed by atoms with E-state index in [1.807, 2.05) is 27.7 Å². The van der Waals surface area contributed by atoms with Crippen molar-refractivity contribution in [2.75, 3.05) is 14.1 Å². The van der Waals surface area contributed by atoms with Crippen molar-refractivity contribution in [2.24, 2.45) is 0 Å². The molecule has 1 aromatic heterocycles. The third-order valence-corrected chi connectivity index (χ3v) is 4.68. The van der Waals surface area contributed by atoms with E-state index in [1.165, 1.54) is 15.8 Å². The fourth-order valence-electron chi connectivity index (χ4n) is 2.18. The number of halogens is 1. The summed E-state index contributed by atoms with van der Waals surface area (Å²) in [6, 6.07) is 0. The van der Waals surface area contributed by atoms with Gasteiger partial charge in [-0.1, -0.05) is 0 Å². The topological polar surface area (TPSA) is 56.6 Å². The molecule has 24 heavy (non-hydrogen) atoms. The van der Waals surface area contributed by atoms with Crippen LogP contribution < -0.4 is 0 Å². The van der Waals surface area contributed by atoms with E-state index in [2.05, 4.69) is 5.10 Å². The maximum absolute atomic E-state index is 14.8. The molecule has 2 rings (SSSR count). The summed E-state index contributed by atoms with van der Waals surface area (Å²) in [5.41, 5.74) is -0.701. The van der Waals surface area contributed by atoms with Crippen LogP contribution in [0.4, 0.5) is 4.39 Å². The van der Waals surface area contributed by atoms with E-state index in [0.717, 1.165) is 0 Å². The fraction of sp³-hybridized carbons (Fsp3) is 0.625. The van der Waals surface area contributed by atoms with Crippen molar-refractivity contribution >= 4 is 18.6 Å². The SMILES string of the molecule is CC(=C(F)B1OC(C)(C)C(C)(C)O1)c1cnn(CC(=O)N(C)C)c1. The number of carbonyl (C=O) groups excluding carboxylic acids is 1. The molecule has 8 heteroatoms. The Labute approximate surface area is 142 Å². The van der Waals surface area contributed by atoms with Crippen LogP contribution in [-0.4, -0.2) is 53.0 Å². The molecule has 1 aliphatic rings. The molecule has 0 unspecified atom stereocenters. The van der Waals surface area contributed by atoms with Gasteiger partial charge in [-0.15, -0.1) is 0 Å². The molecule has 1 amide bonds. The molecule has 0 bridgehead atoms. The molecule has 0 atom stereocenters. The second-order valence-corrected chi connectivity index (χ2v) is 7.28. The third kappa shape index (κ3) is 3.54. The maximum atomic E-state index is 14.8. The summed E-state index contributed by atoms with van der Waals surface area (Å²) in [6.07, 6.45) is 3.17. The average Bonchev–Trinajstić information content (AvgIpc) is 3.00. The molecule has 1 fully saturated rings. The lowest BCUT2D eigenvalue weighted by Gasteiger charge is -2.32. The Morgan fingerprint density at radius 3 is 2.33 bits per heavy atom. The lowest BCUT2D eigenvalue weighted by atomic mass is 9.84. The summed E-state index contributed by atoms with van der Waals surface area (Å²) in [5.74, 6) is -0.0855. The highest BCUT2D eigenvalue weighted by Gasteiger charge is 2.53. The summed E-state index contributed by atoms with van der Waals surface area (Å²) in [6.45, 7) is 9.26. The van der Waals surface area contributed by atoms with Gasteiger partial charge in [0.2, 0.25) is 5.91 Å². The number of allylic oxidation sites excluding steroid dienone is 1. The van der Waals surface area contributed by atoms with Crippen LogP contribution in [0, 0.1) is 0 Å². The second-order valence-electron chi connectivity index (χ2n) is 7.28. The highest BCUT2D eigenvalue weighted by Crippen LogP contribution is 2.40. The highest BCUT2D eigenvalue weighted by molar-refractivity contribution is 6.55. The van der Waals surface area contributed by atoms with Crippen molar-refractivity contribution in [1.29, 1.82) is 0 Å². The van der Waals surface area contributed by atoms with Crippen molar-refractivity contribution in [3.8, 4) is 0 Å². The predicted molar refractivity (Wildman–Crippen MR) is 90.7 cm³/mol. The minimum absolute atomic E-state index is 0.0855. The van der Waals surface area contributed by atoms with Crippen LogP contribution in [-0.2, 0) is 20.6 Å². The van der Waals surface area contributed by atoms with Crippen LogP contribution in [0.1, 0.15) is 40.2 Å². The average molecular weight is 337 g/mol. The minimum Gasteiger partial charge on any atom is -0.398 e. The summed E-state index contributed by atoms with van der Waals surface area (Å²) >= 11 is 0. The first-order valence-electron chi connectivity index (χ1n) is 7.89. The number of rotatable bonds is 4. The molecule has 0 saturated carbocycles. The van der Waals surface area contributed by atoms with Crippen LogP contribution in [0.3, 0.4) is 0 Å². The molecule has 0 N–H and O–H groups in total. The zero-order valence-corrected chi connectivity index (χ0v) is 15.4. The Bertz CT molecular complexity index is 651. The van der Waals surface area contributed by atoms with E-state index in [9.17, 15) is 9.18 Å². The summed E-state index contributed by atoms with van der Waals surface area (Å²) in [5, 5.41) is 4.11. The van der Waals surface area contributed by atoms with E-state index < -0.39 is 24.0 Å². The minimum atomic E-state index is -1.04. The summed E-state index contributed by atoms with van der Waals surface area (Å²) in [7, 11) is 2.31. The zero-order chi connectivity index (χ0) is 18.3. The largest absolute Gasteiger partial charge is 0.525 e. The Balaban J connectivity index is 2.19. The number of hydrogen-bond acceptors (Lipinski definition) is 4. The van der Waals surface area contributed by atoms with Crippen LogP contribution in [0.25, 0.3) is 5.57 Å². The Morgan fingerprint density at radius 2 is 1.83 bits per heavy atom. The zero-order valence-electron chi connectivity index (χ0n) is 15.4. The number of likely N-dealkylation sites (N-methyl/N-ethyl adjacent to an activating group) is 1. The number of amides is 1. The van der Waals surface area contributed by atoms with Gasteiger partial charge in [-0.3, -0.25) is 9.48 Å². The molecular formula is C16H25BFN3O3. The standard InChI is InChI=1S/C16H25BFN3O3/c1-11(12-8-19-21(9-12)10-13(22)20(6)7)14(18)17-23-15(2,3)16(4,5)24-17/h8-9H,10H2,1-7H3. The van der Waals surface area contributed by atoms with Crippen molar-refractivity contribution in [1.82, 2.24) is 14.7 Å². The Kier molecular flexibility index (Phi) is 4.92. The molecule has 2 heterocycles. The molecule has 0 aliphatic carbocycles. The maximum Gasteiger partial charge on any atom is 0.525 e. The van der Waals surface area contributed by atoms with Crippen LogP contribution in [0.15, 0.2) is 18.1 Å². The first-order valence-corrected chi connectivity index (χ1v) is 7.89. The van der Waals surface area contributed by atoms with E-state index in [4.69, 9.17) is 9.31 Å². The van der Waals surface area contributed by atoms with Crippen molar-refractivity contribution in [3.63, 3.8) is 0 Å². The van der Waals surface area contributed by atoms with Crippen LogP contribution in [0.5, 0.6) is 0 Å². The fourth-order valence-corrected chi connectivity index (χ4v) is 2.18. The third-order valence-electron chi connectivity index (χ3n) is 4.68. The molecule has 1 aromatic rings. The molecular weight excluding hydrogens is 312 g/mol. The first kappa shape index (κ1) is 18.7. The predicted octanol–water partition coefficient (Wildman–Crippen LogP) is 2.30. The molecule has 0 radical (unpaired) electrons. The second kappa shape index (κ2) is 6.33. The van der Waals surface area contributed by atoms with Crippen LogP contribution in [0.2, 0.25) is 0 Å². The molecule has 1 saturated heterocycles. The van der Waals surface area contributed by atoms with Gasteiger partial charge < -0.3 is 14.2 Å². The Hall–Kier alpha value is -1.67. The van der Waals surface area contributed by atoms with Gasteiger partial charge in [0.05, 0.1) is 17.4 Å². The van der Waals surface area contributed by atoms with Gasteiger partial charge in [0.15, 0.2) is 0 Å². The van der Waals surface area contributed by atoms with Crippen molar-refractivity contribution < 1.29 is 18.5 Å². The van der Waals surface area contributed by atoms with Gasteiger partial charge in [0.1, 0.15) is 12.3 Å². The number of carbonyl (C=O) groups is 1. The Morgan fingerprint density at radius 1 is 1.29 bits per heavy atom. The van der Waals surface area contributed by atoms with Gasteiger partial charge in [-0.25, -0.2) is 4.39 Å². The molecule has 0 spiro atoms. The molecule has 6 nitrogen and oxygen atoms in total. The van der Waals surface area contributed by atoms with Gasteiger partial charge >= 0.3 is 7.12 Å². The smallest absolute Gasteiger partial charge is 0.398 e. The quantitative estimate of drug-likeness (QED) is 0.791. The number of aromatic nitrogens is 2.